The van der Waals surface area contributed by atoms with Gasteiger partial charge in [-0.15, -0.1) is 48.1 Å². The molecule has 0 atom stereocenters. The summed E-state index contributed by atoms with van der Waals surface area (Å²) < 4.78 is 37.2. The summed E-state index contributed by atoms with van der Waals surface area (Å²) in [4.78, 5) is 9.43. The number of hydrogen-bond donors (Lipinski definition) is 0. The van der Waals surface area contributed by atoms with Crippen molar-refractivity contribution in [1.29, 1.82) is 0 Å². The number of aryl methyl sites for hydroxylation is 1. The summed E-state index contributed by atoms with van der Waals surface area (Å²) in [5.41, 5.74) is 12.8. The molecule has 11 aromatic rings. The van der Waals surface area contributed by atoms with Crippen molar-refractivity contribution >= 4 is 66.4 Å². The molecular weight excluding hydrogens is 1040 g/mol. The first-order valence-electron chi connectivity index (χ1n) is 25.0. The minimum atomic E-state index is -2.44. The number of ether oxygens (including phenoxy) is 1. The number of aromatic nitrogens is 3. The van der Waals surface area contributed by atoms with Crippen LogP contribution in [0.5, 0.6) is 11.5 Å². The van der Waals surface area contributed by atoms with Crippen LogP contribution >= 0.6 is 0 Å². The standard InChI is InChI=1S/C63H52N5O.Pt/c1-41-33-61(64-39-54(41)42-27-29-45(30-28-42)67-55-22-11-8-19-50(55)51-20-9-12-23-56(51)67)68-57-24-13-10-21-52(57)53-32-31-49(38-60(53)68)69-48-18-16-17-46(37-48)65-40-66(59-26-15-14-25-58(59)65)47-35-43(62(2,3)4)34-44(36-47)63(5,6)7;/h8-36,39-40H,1-7H3;/q-3;/i1D3;. The molecule has 0 unspecified atom stereocenters. The van der Waals surface area contributed by atoms with Crippen LogP contribution in [0.1, 0.15) is 62.3 Å². The minimum Gasteiger partial charge on any atom is -0.509 e. The van der Waals surface area contributed by atoms with Gasteiger partial charge in [0.1, 0.15) is 5.82 Å². The molecule has 7 heteroatoms. The van der Waals surface area contributed by atoms with Gasteiger partial charge >= 0.3 is 0 Å². The van der Waals surface area contributed by atoms with Gasteiger partial charge in [-0.1, -0.05) is 132 Å². The van der Waals surface area contributed by atoms with E-state index in [9.17, 15) is 0 Å². The van der Waals surface area contributed by atoms with E-state index in [2.05, 4.69) is 172 Å². The molecule has 8 aromatic carbocycles. The maximum atomic E-state index is 8.80. The number of nitrogens with zero attached hydrogens (tertiary/aromatic N) is 5. The molecule has 0 amide bonds. The fraction of sp³-hybridized carbons (Fsp3) is 0.143. The summed E-state index contributed by atoms with van der Waals surface area (Å²) in [5.74, 6) is 1.48. The Hall–Kier alpha value is -7.40. The smallest absolute Gasteiger partial charge is 0.135 e. The topological polar surface area (TPSA) is 38.5 Å². The van der Waals surface area contributed by atoms with Crippen LogP contribution in [-0.4, -0.2) is 14.1 Å². The summed E-state index contributed by atoms with van der Waals surface area (Å²) in [6, 6.07) is 67.0. The Labute approximate surface area is 428 Å². The summed E-state index contributed by atoms with van der Waals surface area (Å²) in [7, 11) is 0. The Kier molecular flexibility index (Phi) is 10.2. The van der Waals surface area contributed by atoms with Crippen molar-refractivity contribution in [3.63, 3.8) is 0 Å². The second-order valence-electron chi connectivity index (χ2n) is 20.1. The first-order chi connectivity index (χ1) is 34.6. The van der Waals surface area contributed by atoms with Gasteiger partial charge < -0.3 is 23.7 Å². The van der Waals surface area contributed by atoms with Gasteiger partial charge in [-0.2, -0.15) is 12.1 Å². The van der Waals surface area contributed by atoms with Crippen LogP contribution in [0.4, 0.5) is 22.7 Å². The van der Waals surface area contributed by atoms with Gasteiger partial charge in [-0.3, -0.25) is 0 Å². The maximum absolute atomic E-state index is 8.80. The van der Waals surface area contributed by atoms with E-state index in [1.54, 1.807) is 12.3 Å². The fourth-order valence-corrected chi connectivity index (χ4v) is 9.84. The Morgan fingerprint density at radius 3 is 1.73 bits per heavy atom. The monoisotopic (exact) mass is 1090 g/mol. The molecule has 1 aliphatic heterocycles. The molecule has 0 N–H and O–H groups in total. The average molecular weight is 1090 g/mol. The zero-order valence-corrected chi connectivity index (χ0v) is 42.1. The predicted octanol–water partition coefficient (Wildman–Crippen LogP) is 16.6. The Bertz CT molecular complexity index is 3830. The van der Waals surface area contributed by atoms with Crippen molar-refractivity contribution in [2.45, 2.75) is 59.2 Å². The van der Waals surface area contributed by atoms with E-state index in [-0.39, 0.29) is 37.5 Å². The molecule has 0 spiro atoms. The van der Waals surface area contributed by atoms with Crippen LogP contribution in [0.3, 0.4) is 0 Å². The number of pyridine rings is 1. The normalized spacial score (nSPS) is 13.7. The van der Waals surface area contributed by atoms with E-state index in [0.717, 1.165) is 61.3 Å². The summed E-state index contributed by atoms with van der Waals surface area (Å²) in [5, 5.41) is 4.28. The number of fused-ring (bicyclic) bond motifs is 7. The summed E-state index contributed by atoms with van der Waals surface area (Å²) >= 11 is 0. The van der Waals surface area contributed by atoms with E-state index < -0.39 is 6.85 Å². The van der Waals surface area contributed by atoms with Crippen LogP contribution in [0.25, 0.3) is 66.2 Å². The Morgan fingerprint density at radius 1 is 0.529 bits per heavy atom. The van der Waals surface area contributed by atoms with Crippen molar-refractivity contribution in [2.75, 3.05) is 9.80 Å². The number of hydrogen-bond acceptors (Lipinski definition) is 4. The van der Waals surface area contributed by atoms with Gasteiger partial charge in [0.15, 0.2) is 0 Å². The zero-order valence-electron chi connectivity index (χ0n) is 42.9. The summed E-state index contributed by atoms with van der Waals surface area (Å²) in [6.45, 7) is 13.3. The number of benzene rings is 8. The third-order valence-corrected chi connectivity index (χ3v) is 13.5. The van der Waals surface area contributed by atoms with Crippen LogP contribution in [0.2, 0.25) is 0 Å². The first kappa shape index (κ1) is 41.6. The second-order valence-corrected chi connectivity index (χ2v) is 20.1. The van der Waals surface area contributed by atoms with Crippen molar-refractivity contribution in [3.8, 4) is 34.1 Å². The number of rotatable bonds is 7. The van der Waals surface area contributed by atoms with Gasteiger partial charge in [0, 0.05) is 87.5 Å². The molecule has 348 valence electrons. The molecule has 0 fully saturated rings. The third kappa shape index (κ3) is 7.76. The van der Waals surface area contributed by atoms with Crippen molar-refractivity contribution in [3.05, 3.63) is 218 Å². The van der Waals surface area contributed by atoms with E-state index in [0.29, 0.717) is 28.4 Å². The molecule has 6 nitrogen and oxygen atoms in total. The van der Waals surface area contributed by atoms with Crippen molar-refractivity contribution < 1.29 is 29.9 Å². The van der Waals surface area contributed by atoms with Crippen LogP contribution in [-0.2, 0) is 31.9 Å². The predicted molar refractivity (Wildman–Crippen MR) is 286 cm³/mol. The second kappa shape index (κ2) is 17.2. The van der Waals surface area contributed by atoms with Gasteiger partial charge in [0.25, 0.3) is 0 Å². The van der Waals surface area contributed by atoms with Gasteiger partial charge in [0.2, 0.25) is 0 Å². The van der Waals surface area contributed by atoms with Crippen LogP contribution in [0.15, 0.2) is 182 Å². The van der Waals surface area contributed by atoms with E-state index in [1.807, 2.05) is 77.4 Å². The van der Waals surface area contributed by atoms with E-state index in [1.165, 1.54) is 21.9 Å². The largest absolute Gasteiger partial charge is 0.509 e. The molecule has 12 rings (SSSR count). The zero-order chi connectivity index (χ0) is 49.7. The molecule has 1 aliphatic rings. The average Bonchev–Trinajstić information content (AvgIpc) is 4.04. The molecule has 70 heavy (non-hydrogen) atoms. The molecule has 0 aliphatic carbocycles. The SMILES string of the molecule is [2H]C([2H])([2H])c1cc(-n2c3[c-]c(Oc4[c-]c(N5[CH-]N(c6cc(C(C)(C)C)cc(C(C)(C)C)c6)c6ccccc65)ccc4)ccc3c3ccccc32)ncc1-c1ccc(-n2c3ccccc3c3ccccc32)cc1.[Pt]. The van der Waals surface area contributed by atoms with Crippen molar-refractivity contribution in [1.82, 2.24) is 14.1 Å². The summed E-state index contributed by atoms with van der Waals surface area (Å²) in [6.07, 6.45) is 1.69. The molecule has 3 aromatic heterocycles. The molecule has 0 radical (unpaired) electrons. The number of anilines is 4. The quantitative estimate of drug-likeness (QED) is 0.149. The minimum absolute atomic E-state index is 0. The third-order valence-electron chi connectivity index (χ3n) is 13.5. The molecule has 0 saturated carbocycles. The van der Waals surface area contributed by atoms with Crippen LogP contribution in [0, 0.1) is 25.7 Å². The maximum Gasteiger partial charge on any atom is 0.135 e. The number of para-hydroxylation sites is 5. The van der Waals surface area contributed by atoms with Gasteiger partial charge in [-0.05, 0) is 106 Å². The van der Waals surface area contributed by atoms with Gasteiger partial charge in [-0.25, -0.2) is 4.98 Å². The van der Waals surface area contributed by atoms with E-state index >= 15 is 0 Å². The van der Waals surface area contributed by atoms with Crippen molar-refractivity contribution in [2.24, 2.45) is 0 Å². The Balaban J connectivity index is 0.00000574. The van der Waals surface area contributed by atoms with Gasteiger partial charge in [0.05, 0.1) is 11.0 Å². The van der Waals surface area contributed by atoms with E-state index in [4.69, 9.17) is 13.8 Å². The molecule has 4 heterocycles. The first-order valence-corrected chi connectivity index (χ1v) is 23.5. The van der Waals surface area contributed by atoms with Crippen LogP contribution < -0.4 is 14.5 Å². The molecule has 0 saturated heterocycles. The molecular formula is C63H52N5OPt-3. The Morgan fingerprint density at radius 2 is 1.10 bits per heavy atom. The molecule has 0 bridgehead atoms. The fourth-order valence-electron chi connectivity index (χ4n) is 9.84.